The molecule has 0 radical (unpaired) electrons. The van der Waals surface area contributed by atoms with E-state index in [0.717, 1.165) is 13.5 Å². The third kappa shape index (κ3) is 13.0. The molecule has 1 saturated heterocycles. The van der Waals surface area contributed by atoms with Crippen molar-refractivity contribution in [1.29, 1.82) is 0 Å². The van der Waals surface area contributed by atoms with E-state index in [9.17, 15) is 28.6 Å². The first kappa shape index (κ1) is 48.6. The number of hydrogen-bond acceptors (Lipinski definition) is 9. The van der Waals surface area contributed by atoms with Crippen LogP contribution in [0.5, 0.6) is 0 Å². The van der Waals surface area contributed by atoms with Crippen LogP contribution in [0.25, 0.3) is 0 Å². The third-order valence-corrected chi connectivity index (χ3v) is 12.8. The molecule has 9 atom stereocenters. The van der Waals surface area contributed by atoms with Gasteiger partial charge >= 0.3 is 5.97 Å². The highest BCUT2D eigenvalue weighted by atomic mass is 31.2. The topological polar surface area (TPSA) is 171 Å². The molecule has 1 fully saturated rings. The summed E-state index contributed by atoms with van der Waals surface area (Å²) in [5.41, 5.74) is 0.704. The van der Waals surface area contributed by atoms with Crippen LogP contribution in [0.15, 0.2) is 35.3 Å². The van der Waals surface area contributed by atoms with Gasteiger partial charge in [-0.2, -0.15) is 0 Å². The smallest absolute Gasteiger partial charge is 0.315 e. The molecule has 16 heteroatoms. The van der Waals surface area contributed by atoms with Crippen LogP contribution in [-0.4, -0.2) is 160 Å². The summed E-state index contributed by atoms with van der Waals surface area (Å²) in [5, 5.41) is 2.74. The van der Waals surface area contributed by atoms with Gasteiger partial charge in [0.15, 0.2) is 5.96 Å². The van der Waals surface area contributed by atoms with E-state index in [1.807, 2.05) is 71.8 Å². The summed E-state index contributed by atoms with van der Waals surface area (Å²) in [5.74, 6) is -3.31. The zero-order chi connectivity index (χ0) is 42.5. The molecule has 3 unspecified atom stereocenters. The second-order valence-electron chi connectivity index (χ2n) is 15.7. The largest absolute Gasteiger partial charge is 0.469 e. The van der Waals surface area contributed by atoms with Gasteiger partial charge in [0.1, 0.15) is 18.0 Å². The third-order valence-electron chi connectivity index (χ3n) is 10.8. The van der Waals surface area contributed by atoms with Gasteiger partial charge < -0.3 is 44.0 Å². The molecule has 0 bridgehead atoms. The molecule has 15 nitrogen and oxygen atoms in total. The van der Waals surface area contributed by atoms with Gasteiger partial charge in [-0.15, -0.1) is 0 Å². The number of ether oxygens (including phenoxy) is 3. The van der Waals surface area contributed by atoms with Crippen LogP contribution in [0.3, 0.4) is 0 Å². The molecule has 0 aliphatic carbocycles. The van der Waals surface area contributed by atoms with Crippen LogP contribution >= 0.6 is 7.37 Å². The normalized spacial score (nSPS) is 19.1. The number of methoxy groups -OCH3 is 3. The number of hydrogen-bond donors (Lipinski definition) is 2. The predicted molar refractivity (Wildman–Crippen MR) is 218 cm³/mol. The van der Waals surface area contributed by atoms with Crippen LogP contribution in [0, 0.1) is 17.8 Å². The SMILES string of the molecule is CC[C@H](C)[C@@H]([C@@H](CC(=O)N1CCCC1[C@H](OC)[C@@H](C)C(=O)N[C@@H](Cc1ccccc1)P(=O)(O)CC(=O)OC)OC)N(C)C(=O)C(N=C(N(C)C)N(C)C)C(C)C. The maximum absolute atomic E-state index is 14.3. The average molecular weight is 809 g/mol. The van der Waals surface area contributed by atoms with E-state index in [1.54, 1.807) is 55.1 Å². The Morgan fingerprint density at radius 1 is 0.982 bits per heavy atom. The van der Waals surface area contributed by atoms with Crippen LogP contribution in [-0.2, 0) is 44.4 Å². The van der Waals surface area contributed by atoms with Crippen molar-refractivity contribution in [1.82, 2.24) is 24.9 Å². The van der Waals surface area contributed by atoms with E-state index in [0.29, 0.717) is 30.9 Å². The minimum Gasteiger partial charge on any atom is -0.469 e. The molecule has 1 heterocycles. The van der Waals surface area contributed by atoms with E-state index in [4.69, 9.17) is 14.5 Å². The number of guanidine groups is 1. The lowest BCUT2D eigenvalue weighted by atomic mass is 9.89. The summed E-state index contributed by atoms with van der Waals surface area (Å²) >= 11 is 0. The van der Waals surface area contributed by atoms with Crippen molar-refractivity contribution in [3.05, 3.63) is 35.9 Å². The maximum Gasteiger partial charge on any atom is 0.315 e. The number of esters is 1. The fourth-order valence-electron chi connectivity index (χ4n) is 7.55. The van der Waals surface area contributed by atoms with Gasteiger partial charge in [0.2, 0.25) is 25.1 Å². The number of nitrogens with zero attached hydrogens (tertiary/aromatic N) is 5. The number of aliphatic imine (C=N–C) groups is 1. The number of likely N-dealkylation sites (N-methyl/N-ethyl adjacent to an activating group) is 1. The van der Waals surface area contributed by atoms with Gasteiger partial charge in [-0.25, -0.2) is 4.99 Å². The maximum atomic E-state index is 14.3. The molecular formula is C40H69N6O9P. The van der Waals surface area contributed by atoms with Gasteiger partial charge in [0.25, 0.3) is 0 Å². The quantitative estimate of drug-likeness (QED) is 0.0856. The van der Waals surface area contributed by atoms with Crippen molar-refractivity contribution in [3.8, 4) is 0 Å². The molecule has 0 aromatic heterocycles. The van der Waals surface area contributed by atoms with Crippen molar-refractivity contribution < 1.29 is 42.8 Å². The Kier molecular flexibility index (Phi) is 19.5. The van der Waals surface area contributed by atoms with E-state index < -0.39 is 67.4 Å². The molecule has 56 heavy (non-hydrogen) atoms. The summed E-state index contributed by atoms with van der Waals surface area (Å²) < 4.78 is 30.1. The van der Waals surface area contributed by atoms with Crippen molar-refractivity contribution in [2.75, 3.05) is 69.3 Å². The highest BCUT2D eigenvalue weighted by molar-refractivity contribution is 7.59. The number of nitrogens with one attached hydrogen (secondary N) is 1. The Labute approximate surface area is 334 Å². The van der Waals surface area contributed by atoms with Crippen molar-refractivity contribution in [3.63, 3.8) is 0 Å². The summed E-state index contributed by atoms with van der Waals surface area (Å²) in [6.07, 6.45) is -0.136. The summed E-state index contributed by atoms with van der Waals surface area (Å²) in [4.78, 5) is 77.5. The van der Waals surface area contributed by atoms with Gasteiger partial charge in [-0.05, 0) is 30.2 Å². The molecule has 1 aromatic rings. The molecular weight excluding hydrogens is 739 g/mol. The van der Waals surface area contributed by atoms with Crippen molar-refractivity contribution in [2.45, 2.75) is 103 Å². The fourth-order valence-corrected chi connectivity index (χ4v) is 9.09. The van der Waals surface area contributed by atoms with E-state index in [1.165, 1.54) is 7.11 Å². The summed E-state index contributed by atoms with van der Waals surface area (Å²) in [6.45, 7) is 10.1. The van der Waals surface area contributed by atoms with Crippen LogP contribution in [0.4, 0.5) is 0 Å². The molecule has 1 aliphatic rings. The van der Waals surface area contributed by atoms with Crippen molar-refractivity contribution >= 4 is 37.0 Å². The van der Waals surface area contributed by atoms with Gasteiger partial charge in [-0.1, -0.05) is 71.4 Å². The minimum atomic E-state index is -4.27. The molecule has 1 aliphatic heterocycles. The molecule has 318 valence electrons. The van der Waals surface area contributed by atoms with Crippen LogP contribution in [0.1, 0.15) is 65.9 Å². The Balaban J connectivity index is 2.36. The van der Waals surface area contributed by atoms with Crippen LogP contribution < -0.4 is 5.32 Å². The Morgan fingerprint density at radius 3 is 2.09 bits per heavy atom. The second kappa shape index (κ2) is 22.4. The van der Waals surface area contributed by atoms with Gasteiger partial charge in [0, 0.05) is 62.4 Å². The molecule has 0 spiro atoms. The number of rotatable bonds is 20. The number of carbonyl (C=O) groups is 4. The monoisotopic (exact) mass is 808 g/mol. The first-order chi connectivity index (χ1) is 26.2. The highest BCUT2D eigenvalue weighted by Gasteiger charge is 2.44. The van der Waals surface area contributed by atoms with E-state index in [2.05, 4.69) is 10.1 Å². The molecule has 2 rings (SSSR count). The highest BCUT2D eigenvalue weighted by Crippen LogP contribution is 2.46. The van der Waals surface area contributed by atoms with Crippen molar-refractivity contribution in [2.24, 2.45) is 22.7 Å². The average Bonchev–Trinajstić information content (AvgIpc) is 3.63. The number of likely N-dealkylation sites (tertiary alicyclic amines) is 1. The van der Waals surface area contributed by atoms with E-state index in [-0.39, 0.29) is 36.5 Å². The fraction of sp³-hybridized carbons (Fsp3) is 0.725. The minimum absolute atomic E-state index is 0.00668. The number of amides is 3. The first-order valence-electron chi connectivity index (χ1n) is 19.5. The lowest BCUT2D eigenvalue weighted by molar-refractivity contribution is -0.146. The lowest BCUT2D eigenvalue weighted by Gasteiger charge is -2.40. The number of carbonyl (C=O) groups excluding carboxylic acids is 4. The summed E-state index contributed by atoms with van der Waals surface area (Å²) in [7, 11) is 9.19. The predicted octanol–water partition coefficient (Wildman–Crippen LogP) is 3.54. The Morgan fingerprint density at radius 2 is 1.59 bits per heavy atom. The molecule has 1 aromatic carbocycles. The first-order valence-corrected chi connectivity index (χ1v) is 21.4. The van der Waals surface area contributed by atoms with Gasteiger partial charge in [0.05, 0.1) is 43.7 Å². The summed E-state index contributed by atoms with van der Waals surface area (Å²) in [6, 6.07) is 7.36. The zero-order valence-electron chi connectivity index (χ0n) is 35.9. The van der Waals surface area contributed by atoms with Crippen LogP contribution in [0.2, 0.25) is 0 Å². The molecule has 2 N–H and O–H groups in total. The zero-order valence-corrected chi connectivity index (χ0v) is 36.8. The Hall–Kier alpha value is -3.52. The second-order valence-corrected chi connectivity index (χ2v) is 18.2. The number of benzene rings is 1. The van der Waals surface area contributed by atoms with E-state index >= 15 is 0 Å². The Bertz CT molecular complexity index is 1500. The lowest BCUT2D eigenvalue weighted by Crippen LogP contribution is -2.55. The molecule has 0 saturated carbocycles. The molecule has 3 amide bonds. The standard InChI is InChI=1S/C40H69N6O9P/c1-14-27(4)36(45(10)39(50)35(26(2)3)42-40(43(6)7)44(8)9)31(53-11)24-33(47)46-22-18-21-30(46)37(55-13)28(5)38(49)41-32(23-29-19-16-15-17-20-29)56(51,52)25-34(48)54-12/h15-17,19-20,26-28,30-32,35-37H,14,18,21-25H2,1-13H3,(H,41,49)(H,51,52)/t27-,28+,30?,31+,32+,35?,36-,37+/m0/s1. The van der Waals surface area contributed by atoms with Gasteiger partial charge in [-0.3, -0.25) is 23.7 Å².